The average Bonchev–Trinajstić information content (AvgIpc) is 2.69. The fourth-order valence-electron chi connectivity index (χ4n) is 1.46. The molecule has 14 heavy (non-hydrogen) atoms. The normalized spacial score (nSPS) is 12.7. The van der Waals surface area contributed by atoms with Gasteiger partial charge in [-0.25, -0.2) is 0 Å². The second kappa shape index (κ2) is 6.52. The molecule has 2 heteroatoms. The Morgan fingerprint density at radius 2 is 2.21 bits per heavy atom. The van der Waals surface area contributed by atoms with Gasteiger partial charge >= 0.3 is 0 Å². The quantitative estimate of drug-likeness (QED) is 0.614. The zero-order valence-electron chi connectivity index (χ0n) is 9.16. The van der Waals surface area contributed by atoms with Crippen LogP contribution in [-0.2, 0) is 0 Å². The minimum Gasteiger partial charge on any atom is -0.462 e. The monoisotopic (exact) mass is 196 g/mol. The summed E-state index contributed by atoms with van der Waals surface area (Å²) in [6.07, 6.45) is 7.93. The van der Waals surface area contributed by atoms with E-state index in [0.29, 0.717) is 12.1 Å². The molecule has 2 nitrogen and oxygen atoms in total. The van der Waals surface area contributed by atoms with Gasteiger partial charge in [0, 0.05) is 6.07 Å². The third-order valence-electron chi connectivity index (χ3n) is 2.36. The molecule has 0 aliphatic heterocycles. The Hall–Kier alpha value is -0.920. The van der Waals surface area contributed by atoms with Crippen molar-refractivity contribution in [1.82, 2.24) is 0 Å². The SMILES string of the molecule is CCCCCC(CC)Oc1ccco1. The fraction of sp³-hybridized carbons (Fsp3) is 0.667. The van der Waals surface area contributed by atoms with Crippen molar-refractivity contribution in [3.05, 3.63) is 18.4 Å². The first-order chi connectivity index (χ1) is 6.86. The van der Waals surface area contributed by atoms with Gasteiger partial charge in [-0.05, 0) is 25.3 Å². The van der Waals surface area contributed by atoms with Gasteiger partial charge in [0.05, 0.1) is 6.26 Å². The first-order valence-corrected chi connectivity index (χ1v) is 5.57. The van der Waals surface area contributed by atoms with E-state index < -0.39 is 0 Å². The van der Waals surface area contributed by atoms with E-state index in [-0.39, 0.29) is 0 Å². The molecule has 0 N–H and O–H groups in total. The number of hydrogen-bond acceptors (Lipinski definition) is 2. The van der Waals surface area contributed by atoms with E-state index in [1.807, 2.05) is 12.1 Å². The molecule has 0 aliphatic rings. The van der Waals surface area contributed by atoms with E-state index in [9.17, 15) is 0 Å². The van der Waals surface area contributed by atoms with Gasteiger partial charge < -0.3 is 9.15 Å². The number of hydrogen-bond donors (Lipinski definition) is 0. The maximum Gasteiger partial charge on any atom is 0.284 e. The Labute approximate surface area is 86.3 Å². The summed E-state index contributed by atoms with van der Waals surface area (Å²) in [6, 6.07) is 3.72. The van der Waals surface area contributed by atoms with Gasteiger partial charge in [0.25, 0.3) is 5.95 Å². The molecule has 0 radical (unpaired) electrons. The molecule has 0 fully saturated rings. The molecule has 1 heterocycles. The highest BCUT2D eigenvalue weighted by Gasteiger charge is 2.08. The van der Waals surface area contributed by atoms with Gasteiger partial charge in [0.15, 0.2) is 0 Å². The van der Waals surface area contributed by atoms with Crippen LogP contribution in [-0.4, -0.2) is 6.10 Å². The highest BCUT2D eigenvalue weighted by Crippen LogP contribution is 2.17. The molecule has 0 saturated heterocycles. The first kappa shape index (κ1) is 11.2. The largest absolute Gasteiger partial charge is 0.462 e. The number of furan rings is 1. The summed E-state index contributed by atoms with van der Waals surface area (Å²) < 4.78 is 10.8. The smallest absolute Gasteiger partial charge is 0.284 e. The molecule has 80 valence electrons. The van der Waals surface area contributed by atoms with Crippen LogP contribution in [0.3, 0.4) is 0 Å². The summed E-state index contributed by atoms with van der Waals surface area (Å²) in [7, 11) is 0. The minimum absolute atomic E-state index is 0.313. The Kier molecular flexibility index (Phi) is 5.20. The van der Waals surface area contributed by atoms with Crippen LogP contribution in [0.15, 0.2) is 22.8 Å². The molecular formula is C12H20O2. The number of ether oxygens (including phenoxy) is 1. The minimum atomic E-state index is 0.313. The van der Waals surface area contributed by atoms with Crippen LogP contribution in [0.25, 0.3) is 0 Å². The molecule has 0 amide bonds. The van der Waals surface area contributed by atoms with E-state index in [1.54, 1.807) is 6.26 Å². The van der Waals surface area contributed by atoms with Crippen molar-refractivity contribution < 1.29 is 9.15 Å². The van der Waals surface area contributed by atoms with Gasteiger partial charge in [0.1, 0.15) is 6.10 Å². The van der Waals surface area contributed by atoms with Crippen LogP contribution in [0.5, 0.6) is 5.95 Å². The zero-order valence-corrected chi connectivity index (χ0v) is 9.16. The lowest BCUT2D eigenvalue weighted by Gasteiger charge is -2.14. The van der Waals surface area contributed by atoms with Crippen LogP contribution in [0.2, 0.25) is 0 Å². The molecule has 0 aliphatic carbocycles. The summed E-state index contributed by atoms with van der Waals surface area (Å²) in [5.41, 5.74) is 0. The molecule has 0 aromatic carbocycles. The van der Waals surface area contributed by atoms with Crippen LogP contribution < -0.4 is 4.74 Å². The molecule has 1 unspecified atom stereocenters. The van der Waals surface area contributed by atoms with E-state index in [1.165, 1.54) is 19.3 Å². The highest BCUT2D eigenvalue weighted by atomic mass is 16.6. The van der Waals surface area contributed by atoms with Crippen LogP contribution in [0, 0.1) is 0 Å². The lowest BCUT2D eigenvalue weighted by atomic mass is 10.1. The van der Waals surface area contributed by atoms with E-state index in [0.717, 1.165) is 12.8 Å². The standard InChI is InChI=1S/C12H20O2/c1-3-5-6-8-11(4-2)14-12-9-7-10-13-12/h7,9-11H,3-6,8H2,1-2H3. The lowest BCUT2D eigenvalue weighted by molar-refractivity contribution is 0.141. The molecule has 1 atom stereocenters. The molecule has 1 aromatic heterocycles. The summed E-state index contributed by atoms with van der Waals surface area (Å²) in [5.74, 6) is 0.647. The molecule has 0 bridgehead atoms. The van der Waals surface area contributed by atoms with Gasteiger partial charge in [-0.3, -0.25) is 0 Å². The topological polar surface area (TPSA) is 22.4 Å². The second-order valence-electron chi connectivity index (χ2n) is 3.58. The fourth-order valence-corrected chi connectivity index (χ4v) is 1.46. The van der Waals surface area contributed by atoms with Crippen molar-refractivity contribution in [2.75, 3.05) is 0 Å². The van der Waals surface area contributed by atoms with E-state index in [4.69, 9.17) is 9.15 Å². The molecular weight excluding hydrogens is 176 g/mol. The third-order valence-corrected chi connectivity index (χ3v) is 2.36. The van der Waals surface area contributed by atoms with Crippen molar-refractivity contribution in [2.24, 2.45) is 0 Å². The average molecular weight is 196 g/mol. The molecule has 1 rings (SSSR count). The van der Waals surface area contributed by atoms with Gasteiger partial charge in [-0.1, -0.05) is 26.7 Å². The van der Waals surface area contributed by atoms with Gasteiger partial charge in [0.2, 0.25) is 0 Å². The highest BCUT2D eigenvalue weighted by molar-refractivity contribution is 5.04. The predicted octanol–water partition coefficient (Wildman–Crippen LogP) is 4.02. The Morgan fingerprint density at radius 3 is 2.79 bits per heavy atom. The number of rotatable bonds is 7. The van der Waals surface area contributed by atoms with Crippen molar-refractivity contribution >= 4 is 0 Å². The Bertz CT molecular complexity index is 216. The second-order valence-corrected chi connectivity index (χ2v) is 3.58. The summed E-state index contributed by atoms with van der Waals surface area (Å²) >= 11 is 0. The summed E-state index contributed by atoms with van der Waals surface area (Å²) in [6.45, 7) is 4.37. The molecule has 1 aromatic rings. The molecule has 0 spiro atoms. The maximum absolute atomic E-state index is 5.68. The predicted molar refractivity (Wildman–Crippen MR) is 57.6 cm³/mol. The van der Waals surface area contributed by atoms with Gasteiger partial charge in [-0.2, -0.15) is 0 Å². The third kappa shape index (κ3) is 3.86. The van der Waals surface area contributed by atoms with E-state index in [2.05, 4.69) is 13.8 Å². The Balaban J connectivity index is 2.24. The number of unbranched alkanes of at least 4 members (excludes halogenated alkanes) is 2. The zero-order chi connectivity index (χ0) is 10.2. The summed E-state index contributed by atoms with van der Waals surface area (Å²) in [5, 5.41) is 0. The first-order valence-electron chi connectivity index (χ1n) is 5.57. The lowest BCUT2D eigenvalue weighted by Crippen LogP contribution is -2.14. The van der Waals surface area contributed by atoms with E-state index >= 15 is 0 Å². The van der Waals surface area contributed by atoms with Crippen LogP contribution in [0.1, 0.15) is 46.0 Å². The van der Waals surface area contributed by atoms with Crippen LogP contribution in [0.4, 0.5) is 0 Å². The van der Waals surface area contributed by atoms with Crippen molar-refractivity contribution in [1.29, 1.82) is 0 Å². The summed E-state index contributed by atoms with van der Waals surface area (Å²) in [4.78, 5) is 0. The van der Waals surface area contributed by atoms with Crippen LogP contribution >= 0.6 is 0 Å². The maximum atomic E-state index is 5.68. The van der Waals surface area contributed by atoms with Crippen molar-refractivity contribution in [2.45, 2.75) is 52.1 Å². The van der Waals surface area contributed by atoms with Crippen molar-refractivity contribution in [3.8, 4) is 5.95 Å². The molecule has 0 saturated carbocycles. The van der Waals surface area contributed by atoms with Crippen molar-refractivity contribution in [3.63, 3.8) is 0 Å². The van der Waals surface area contributed by atoms with Gasteiger partial charge in [-0.15, -0.1) is 0 Å². The Morgan fingerprint density at radius 1 is 1.36 bits per heavy atom.